The van der Waals surface area contributed by atoms with Gasteiger partial charge < -0.3 is 10.0 Å². The first-order chi connectivity index (χ1) is 14.2. The molecule has 4 rings (SSSR count). The highest BCUT2D eigenvalue weighted by Gasteiger charge is 2.26. The summed E-state index contributed by atoms with van der Waals surface area (Å²) in [6.07, 6.45) is 0.820. The van der Waals surface area contributed by atoms with Crippen molar-refractivity contribution in [2.45, 2.75) is 25.9 Å². The first kappa shape index (κ1) is 19.8. The molecule has 0 radical (unpaired) electrons. The van der Waals surface area contributed by atoms with Crippen molar-refractivity contribution < 1.29 is 5.11 Å². The molecule has 0 aliphatic carbocycles. The van der Waals surface area contributed by atoms with Crippen LogP contribution in [0.25, 0.3) is 16.9 Å². The molecule has 2 heterocycles. The van der Waals surface area contributed by atoms with Crippen LogP contribution in [0.1, 0.15) is 17.7 Å². The highest BCUT2D eigenvalue weighted by Crippen LogP contribution is 2.29. The Bertz CT molecular complexity index is 923. The predicted octanol–water partition coefficient (Wildman–Crippen LogP) is 3.35. The van der Waals surface area contributed by atoms with Gasteiger partial charge in [0.2, 0.25) is 0 Å². The summed E-state index contributed by atoms with van der Waals surface area (Å²) in [4.78, 5) is 4.87. The summed E-state index contributed by atoms with van der Waals surface area (Å²) in [6.45, 7) is 6.31. The summed E-state index contributed by atoms with van der Waals surface area (Å²) in [6, 6.07) is 21.2. The van der Waals surface area contributed by atoms with Gasteiger partial charge in [-0.25, -0.2) is 4.68 Å². The van der Waals surface area contributed by atoms with Crippen LogP contribution < -0.4 is 0 Å². The summed E-state index contributed by atoms with van der Waals surface area (Å²) in [5, 5.41) is 14.4. The van der Waals surface area contributed by atoms with Gasteiger partial charge in [-0.3, -0.25) is 4.90 Å². The zero-order chi connectivity index (χ0) is 20.2. The Balaban J connectivity index is 1.69. The fraction of sp³-hybridized carbons (Fsp3) is 0.375. The fourth-order valence-electron chi connectivity index (χ4n) is 4.21. The van der Waals surface area contributed by atoms with E-state index < -0.39 is 0 Å². The van der Waals surface area contributed by atoms with E-state index >= 15 is 0 Å². The maximum Gasteiger partial charge on any atom is 0.0975 e. The maximum atomic E-state index is 9.42. The summed E-state index contributed by atoms with van der Waals surface area (Å²) in [7, 11) is 2.16. The van der Waals surface area contributed by atoms with E-state index in [1.54, 1.807) is 0 Å². The number of aliphatic hydroxyl groups is 1. The Kier molecular flexibility index (Phi) is 6.09. The fourth-order valence-corrected chi connectivity index (χ4v) is 4.21. The lowest BCUT2D eigenvalue weighted by atomic mass is 10.0. The molecule has 1 unspecified atom stereocenters. The number of hydrogen-bond donors (Lipinski definition) is 1. The lowest BCUT2D eigenvalue weighted by Crippen LogP contribution is -2.51. The van der Waals surface area contributed by atoms with Crippen LogP contribution in [0.3, 0.4) is 0 Å². The molecule has 1 aliphatic rings. The lowest BCUT2D eigenvalue weighted by molar-refractivity contribution is 0.0743. The first-order valence-corrected chi connectivity index (χ1v) is 10.4. The van der Waals surface area contributed by atoms with Gasteiger partial charge in [-0.15, -0.1) is 0 Å². The van der Waals surface area contributed by atoms with E-state index in [1.807, 2.05) is 12.1 Å². The van der Waals surface area contributed by atoms with Crippen LogP contribution in [-0.4, -0.2) is 64.0 Å². The average molecular weight is 391 g/mol. The second-order valence-corrected chi connectivity index (χ2v) is 7.91. The largest absolute Gasteiger partial charge is 0.396 e. The standard InChI is InChI=1S/C24H30N4O/c1-19-23(18-27-15-14-26(2)22(17-27)13-16-29)24(20-9-5-3-6-10-20)25-28(19)21-11-7-4-8-12-21/h3-12,22,29H,13-18H2,1-2H3. The molecule has 5 heteroatoms. The number of hydrogen-bond acceptors (Lipinski definition) is 4. The van der Waals surface area contributed by atoms with Gasteiger partial charge in [0.1, 0.15) is 0 Å². The van der Waals surface area contributed by atoms with E-state index in [2.05, 4.69) is 77.0 Å². The van der Waals surface area contributed by atoms with Crippen LogP contribution in [0.2, 0.25) is 0 Å². The van der Waals surface area contributed by atoms with Crippen molar-refractivity contribution in [1.29, 1.82) is 0 Å². The molecular formula is C24H30N4O. The highest BCUT2D eigenvalue weighted by molar-refractivity contribution is 5.64. The van der Waals surface area contributed by atoms with Gasteiger partial charge in [0.25, 0.3) is 0 Å². The van der Waals surface area contributed by atoms with Crippen LogP contribution in [0.5, 0.6) is 0 Å². The van der Waals surface area contributed by atoms with Crippen molar-refractivity contribution in [3.63, 3.8) is 0 Å². The Hall–Kier alpha value is -2.47. The third-order valence-electron chi connectivity index (χ3n) is 5.99. The molecule has 5 nitrogen and oxygen atoms in total. The van der Waals surface area contributed by atoms with Crippen molar-refractivity contribution in [3.05, 3.63) is 71.9 Å². The third-order valence-corrected chi connectivity index (χ3v) is 5.99. The molecule has 1 aromatic heterocycles. The lowest BCUT2D eigenvalue weighted by Gasteiger charge is -2.39. The number of aliphatic hydroxyl groups excluding tert-OH is 1. The summed E-state index contributed by atoms with van der Waals surface area (Å²) in [5.41, 5.74) is 5.77. The van der Waals surface area contributed by atoms with Crippen molar-refractivity contribution in [2.24, 2.45) is 0 Å². The molecule has 2 aromatic carbocycles. The smallest absolute Gasteiger partial charge is 0.0975 e. The van der Waals surface area contributed by atoms with E-state index in [9.17, 15) is 5.11 Å². The minimum atomic E-state index is 0.239. The quantitative estimate of drug-likeness (QED) is 0.701. The Morgan fingerprint density at radius 1 is 1.00 bits per heavy atom. The average Bonchev–Trinajstić information content (AvgIpc) is 3.08. The topological polar surface area (TPSA) is 44.5 Å². The van der Waals surface area contributed by atoms with Gasteiger partial charge in [0.05, 0.1) is 11.4 Å². The number of aromatic nitrogens is 2. The normalized spacial score (nSPS) is 18.2. The van der Waals surface area contributed by atoms with E-state index in [-0.39, 0.29) is 6.61 Å². The molecule has 152 valence electrons. The minimum absolute atomic E-state index is 0.239. The maximum absolute atomic E-state index is 9.42. The number of benzene rings is 2. The van der Waals surface area contributed by atoms with Gasteiger partial charge >= 0.3 is 0 Å². The van der Waals surface area contributed by atoms with Gasteiger partial charge in [-0.05, 0) is 32.5 Å². The van der Waals surface area contributed by atoms with Crippen molar-refractivity contribution in [2.75, 3.05) is 33.3 Å². The molecule has 1 fully saturated rings. The van der Waals surface area contributed by atoms with E-state index in [0.29, 0.717) is 6.04 Å². The molecule has 0 spiro atoms. The molecule has 3 aromatic rings. The summed E-state index contributed by atoms with van der Waals surface area (Å²) in [5.74, 6) is 0. The zero-order valence-electron chi connectivity index (χ0n) is 17.3. The monoisotopic (exact) mass is 390 g/mol. The van der Waals surface area contributed by atoms with Crippen LogP contribution in [0, 0.1) is 6.92 Å². The van der Waals surface area contributed by atoms with Crippen LogP contribution in [-0.2, 0) is 6.54 Å². The molecule has 29 heavy (non-hydrogen) atoms. The van der Waals surface area contributed by atoms with Crippen LogP contribution >= 0.6 is 0 Å². The zero-order valence-corrected chi connectivity index (χ0v) is 17.3. The highest BCUT2D eigenvalue weighted by atomic mass is 16.3. The van der Waals surface area contributed by atoms with E-state index in [1.165, 1.54) is 11.3 Å². The van der Waals surface area contributed by atoms with Gasteiger partial charge in [-0.2, -0.15) is 5.10 Å². The molecule has 1 aliphatic heterocycles. The van der Waals surface area contributed by atoms with E-state index in [0.717, 1.165) is 49.5 Å². The van der Waals surface area contributed by atoms with Crippen molar-refractivity contribution in [3.8, 4) is 16.9 Å². The number of likely N-dealkylation sites (N-methyl/N-ethyl adjacent to an activating group) is 1. The Morgan fingerprint density at radius 3 is 2.38 bits per heavy atom. The number of para-hydroxylation sites is 1. The second kappa shape index (κ2) is 8.91. The predicted molar refractivity (Wildman–Crippen MR) is 117 cm³/mol. The van der Waals surface area contributed by atoms with Crippen LogP contribution in [0.15, 0.2) is 60.7 Å². The minimum Gasteiger partial charge on any atom is -0.396 e. The van der Waals surface area contributed by atoms with Gasteiger partial charge in [0, 0.05) is 55.6 Å². The summed E-state index contributed by atoms with van der Waals surface area (Å²) < 4.78 is 2.07. The second-order valence-electron chi connectivity index (χ2n) is 7.91. The van der Waals surface area contributed by atoms with Crippen molar-refractivity contribution in [1.82, 2.24) is 19.6 Å². The molecule has 1 N–H and O–H groups in total. The first-order valence-electron chi connectivity index (χ1n) is 10.4. The van der Waals surface area contributed by atoms with Crippen molar-refractivity contribution >= 4 is 0 Å². The van der Waals surface area contributed by atoms with E-state index in [4.69, 9.17) is 5.10 Å². The molecule has 0 amide bonds. The van der Waals surface area contributed by atoms with Gasteiger partial charge in [-0.1, -0.05) is 48.5 Å². The Labute approximate surface area is 173 Å². The van der Waals surface area contributed by atoms with Gasteiger partial charge in [0.15, 0.2) is 0 Å². The Morgan fingerprint density at radius 2 is 1.69 bits per heavy atom. The molecular weight excluding hydrogens is 360 g/mol. The molecule has 0 saturated carbocycles. The molecule has 1 saturated heterocycles. The number of piperazine rings is 1. The third kappa shape index (κ3) is 4.27. The SMILES string of the molecule is Cc1c(CN2CCN(C)C(CCO)C2)c(-c2ccccc2)nn1-c1ccccc1. The number of rotatable bonds is 6. The molecule has 0 bridgehead atoms. The number of nitrogens with zero attached hydrogens (tertiary/aromatic N) is 4. The van der Waals surface area contributed by atoms with Crippen LogP contribution in [0.4, 0.5) is 0 Å². The molecule has 1 atom stereocenters. The summed E-state index contributed by atoms with van der Waals surface area (Å²) >= 11 is 0.